The summed E-state index contributed by atoms with van der Waals surface area (Å²) in [6.45, 7) is 0.854. The van der Waals surface area contributed by atoms with Crippen LogP contribution in [0.25, 0.3) is 0 Å². The highest BCUT2D eigenvalue weighted by molar-refractivity contribution is 8.00. The van der Waals surface area contributed by atoms with E-state index in [1.165, 1.54) is 10.5 Å². The zero-order valence-corrected chi connectivity index (χ0v) is 10.1. The fourth-order valence-electron chi connectivity index (χ4n) is 2.10. The largest absolute Gasteiger partial charge is 0.298 e. The van der Waals surface area contributed by atoms with Crippen molar-refractivity contribution in [1.82, 2.24) is 9.78 Å². The Hall–Kier alpha value is -1.55. The van der Waals surface area contributed by atoms with E-state index >= 15 is 0 Å². The van der Waals surface area contributed by atoms with E-state index in [0.29, 0.717) is 10.8 Å². The molecule has 0 fully saturated rings. The van der Waals surface area contributed by atoms with Gasteiger partial charge < -0.3 is 0 Å². The van der Waals surface area contributed by atoms with Gasteiger partial charge in [0.25, 0.3) is 0 Å². The SMILES string of the molecule is O=Cc1cnn(CC2Cc3ccccc3S2)c1. The Bertz CT molecular complexity index is 525. The van der Waals surface area contributed by atoms with Crippen LogP contribution in [0.5, 0.6) is 0 Å². The lowest BCUT2D eigenvalue weighted by atomic mass is 10.1. The summed E-state index contributed by atoms with van der Waals surface area (Å²) in [6, 6.07) is 8.51. The first-order valence-electron chi connectivity index (χ1n) is 5.57. The van der Waals surface area contributed by atoms with E-state index in [9.17, 15) is 4.79 Å². The maximum absolute atomic E-state index is 10.6. The van der Waals surface area contributed by atoms with Crippen molar-refractivity contribution in [2.75, 3.05) is 0 Å². The zero-order valence-electron chi connectivity index (χ0n) is 9.24. The van der Waals surface area contributed by atoms with Gasteiger partial charge in [0.15, 0.2) is 6.29 Å². The van der Waals surface area contributed by atoms with Crippen molar-refractivity contribution in [3.8, 4) is 0 Å². The Morgan fingerprint density at radius 2 is 2.35 bits per heavy atom. The van der Waals surface area contributed by atoms with E-state index in [1.54, 1.807) is 12.4 Å². The number of thioether (sulfide) groups is 1. The molecule has 0 bridgehead atoms. The summed E-state index contributed by atoms with van der Waals surface area (Å²) in [6.07, 6.45) is 5.33. The maximum Gasteiger partial charge on any atom is 0.153 e. The molecule has 1 aliphatic rings. The molecule has 0 saturated heterocycles. The zero-order chi connectivity index (χ0) is 11.7. The summed E-state index contributed by atoms with van der Waals surface area (Å²) in [5, 5.41) is 4.71. The van der Waals surface area contributed by atoms with E-state index in [-0.39, 0.29) is 0 Å². The molecule has 1 aromatic carbocycles. The van der Waals surface area contributed by atoms with Crippen LogP contribution in [0.2, 0.25) is 0 Å². The molecule has 3 rings (SSSR count). The van der Waals surface area contributed by atoms with E-state index < -0.39 is 0 Å². The van der Waals surface area contributed by atoms with Crippen LogP contribution in [0.15, 0.2) is 41.6 Å². The summed E-state index contributed by atoms with van der Waals surface area (Å²) in [5.41, 5.74) is 2.07. The Morgan fingerprint density at radius 1 is 1.47 bits per heavy atom. The minimum absolute atomic E-state index is 0.520. The van der Waals surface area contributed by atoms with Gasteiger partial charge in [-0.25, -0.2) is 0 Å². The quantitative estimate of drug-likeness (QED) is 0.778. The van der Waals surface area contributed by atoms with Gasteiger partial charge in [-0.05, 0) is 18.1 Å². The third-order valence-electron chi connectivity index (χ3n) is 2.89. The first-order chi connectivity index (χ1) is 8.35. The van der Waals surface area contributed by atoms with Gasteiger partial charge in [0.1, 0.15) is 0 Å². The average Bonchev–Trinajstić information content (AvgIpc) is 2.94. The van der Waals surface area contributed by atoms with Crippen molar-refractivity contribution in [2.24, 2.45) is 0 Å². The van der Waals surface area contributed by atoms with Crippen molar-refractivity contribution < 1.29 is 4.79 Å². The Morgan fingerprint density at radius 3 is 3.12 bits per heavy atom. The molecule has 2 aromatic rings. The maximum atomic E-state index is 10.6. The minimum atomic E-state index is 0.520. The van der Waals surface area contributed by atoms with Crippen molar-refractivity contribution in [2.45, 2.75) is 23.1 Å². The molecule has 1 aliphatic heterocycles. The first-order valence-corrected chi connectivity index (χ1v) is 6.45. The van der Waals surface area contributed by atoms with Gasteiger partial charge in [0.05, 0.1) is 18.3 Å². The fourth-order valence-corrected chi connectivity index (χ4v) is 3.41. The standard InChI is InChI=1S/C13H12N2OS/c16-9-10-6-14-15(7-10)8-12-5-11-3-1-2-4-13(11)17-12/h1-4,6-7,9,12H,5,8H2. The van der Waals surface area contributed by atoms with Crippen LogP contribution in [-0.2, 0) is 13.0 Å². The first kappa shape index (κ1) is 10.6. The molecule has 1 aromatic heterocycles. The third-order valence-corrected chi connectivity index (χ3v) is 4.20. The predicted octanol–water partition coefficient (Wildman–Crippen LogP) is 2.41. The van der Waals surface area contributed by atoms with Crippen molar-refractivity contribution in [3.05, 3.63) is 47.8 Å². The number of aldehydes is 1. The predicted molar refractivity (Wildman–Crippen MR) is 67.4 cm³/mol. The molecule has 0 radical (unpaired) electrons. The third kappa shape index (κ3) is 2.13. The smallest absolute Gasteiger partial charge is 0.153 e. The lowest BCUT2D eigenvalue weighted by Crippen LogP contribution is -2.12. The molecule has 1 atom stereocenters. The van der Waals surface area contributed by atoms with Crippen LogP contribution >= 0.6 is 11.8 Å². The topological polar surface area (TPSA) is 34.9 Å². The average molecular weight is 244 g/mol. The summed E-state index contributed by atoms with van der Waals surface area (Å²) in [4.78, 5) is 12.0. The van der Waals surface area contributed by atoms with Gasteiger partial charge in [-0.15, -0.1) is 11.8 Å². The number of aromatic nitrogens is 2. The van der Waals surface area contributed by atoms with Gasteiger partial charge in [-0.2, -0.15) is 5.10 Å². The summed E-state index contributed by atoms with van der Waals surface area (Å²) in [5.74, 6) is 0. The number of fused-ring (bicyclic) bond motifs is 1. The van der Waals surface area contributed by atoms with Crippen molar-refractivity contribution in [3.63, 3.8) is 0 Å². The van der Waals surface area contributed by atoms with Crippen LogP contribution in [-0.4, -0.2) is 21.3 Å². The number of nitrogens with zero attached hydrogens (tertiary/aromatic N) is 2. The van der Waals surface area contributed by atoms with Gasteiger partial charge >= 0.3 is 0 Å². The summed E-state index contributed by atoms with van der Waals surface area (Å²) < 4.78 is 1.85. The molecular weight excluding hydrogens is 232 g/mol. The number of carbonyl (C=O) groups excluding carboxylic acids is 1. The van der Waals surface area contributed by atoms with Crippen LogP contribution in [0, 0.1) is 0 Å². The van der Waals surface area contributed by atoms with E-state index in [4.69, 9.17) is 0 Å². The molecule has 0 spiro atoms. The molecule has 0 saturated carbocycles. The number of hydrogen-bond donors (Lipinski definition) is 0. The molecule has 3 nitrogen and oxygen atoms in total. The lowest BCUT2D eigenvalue weighted by Gasteiger charge is -2.07. The summed E-state index contributed by atoms with van der Waals surface area (Å²) in [7, 11) is 0. The Kier molecular flexibility index (Phi) is 2.73. The van der Waals surface area contributed by atoms with Gasteiger partial charge in [-0.1, -0.05) is 18.2 Å². The molecule has 1 unspecified atom stereocenters. The second kappa shape index (κ2) is 4.37. The molecule has 2 heterocycles. The Labute approximate surface area is 104 Å². The van der Waals surface area contributed by atoms with Crippen LogP contribution in [0.4, 0.5) is 0 Å². The highest BCUT2D eigenvalue weighted by Crippen LogP contribution is 2.37. The number of rotatable bonds is 3. The van der Waals surface area contributed by atoms with Gasteiger partial charge in [-0.3, -0.25) is 9.48 Å². The highest BCUT2D eigenvalue weighted by atomic mass is 32.2. The molecule has 4 heteroatoms. The van der Waals surface area contributed by atoms with E-state index in [0.717, 1.165) is 19.3 Å². The van der Waals surface area contributed by atoms with Crippen molar-refractivity contribution in [1.29, 1.82) is 0 Å². The Balaban J connectivity index is 1.71. The molecule has 86 valence electrons. The van der Waals surface area contributed by atoms with E-state index in [1.807, 2.05) is 16.4 Å². The second-order valence-corrected chi connectivity index (χ2v) is 5.51. The van der Waals surface area contributed by atoms with Crippen molar-refractivity contribution >= 4 is 18.0 Å². The van der Waals surface area contributed by atoms with Crippen LogP contribution in [0.3, 0.4) is 0 Å². The summed E-state index contributed by atoms with van der Waals surface area (Å²) >= 11 is 1.90. The van der Waals surface area contributed by atoms with Crippen LogP contribution in [0.1, 0.15) is 15.9 Å². The minimum Gasteiger partial charge on any atom is -0.298 e. The van der Waals surface area contributed by atoms with Crippen LogP contribution < -0.4 is 0 Å². The van der Waals surface area contributed by atoms with Gasteiger partial charge in [0.2, 0.25) is 0 Å². The number of benzene rings is 1. The van der Waals surface area contributed by atoms with Gasteiger partial charge in [0, 0.05) is 16.3 Å². The molecule has 0 N–H and O–H groups in total. The fraction of sp³-hybridized carbons (Fsp3) is 0.231. The molecule has 17 heavy (non-hydrogen) atoms. The number of carbonyl (C=O) groups is 1. The second-order valence-electron chi connectivity index (χ2n) is 4.17. The number of hydrogen-bond acceptors (Lipinski definition) is 3. The van der Waals surface area contributed by atoms with E-state index in [2.05, 4.69) is 29.4 Å². The molecule has 0 amide bonds. The molecular formula is C13H12N2OS. The highest BCUT2D eigenvalue weighted by Gasteiger charge is 2.22. The lowest BCUT2D eigenvalue weighted by molar-refractivity contribution is 0.112. The monoisotopic (exact) mass is 244 g/mol. The normalized spacial score (nSPS) is 18.0. The molecule has 0 aliphatic carbocycles.